The van der Waals surface area contributed by atoms with Gasteiger partial charge in [0.05, 0.1) is 23.7 Å². The summed E-state index contributed by atoms with van der Waals surface area (Å²) in [6.07, 6.45) is 0.726. The standard InChI is InChI=1S/C21H29F3N2O4S/c1-15-7-8-18(19(11-15)30-14-21(22,23)24)25-12-20(27)26(16-5-3-2-4-6-16)17-9-10-31(28,29)13-17/h7-8,11,16-17,25H,2-6,9-10,12-14H2,1H3. The molecule has 3 rings (SSSR count). The van der Waals surface area contributed by atoms with E-state index >= 15 is 0 Å². The fourth-order valence-corrected chi connectivity index (χ4v) is 6.09. The Hall–Kier alpha value is -1.97. The fourth-order valence-electron chi connectivity index (χ4n) is 4.38. The number of carbonyl (C=O) groups excluding carboxylic acids is 1. The number of nitrogens with one attached hydrogen (secondary N) is 1. The van der Waals surface area contributed by atoms with Crippen LogP contribution in [-0.2, 0) is 14.6 Å². The topological polar surface area (TPSA) is 75.7 Å². The number of rotatable bonds is 7. The molecule has 0 aromatic heterocycles. The maximum absolute atomic E-state index is 13.2. The van der Waals surface area contributed by atoms with Crippen molar-refractivity contribution >= 4 is 21.4 Å². The highest BCUT2D eigenvalue weighted by atomic mass is 32.2. The number of nitrogens with zero attached hydrogens (tertiary/aromatic N) is 1. The zero-order chi connectivity index (χ0) is 22.6. The van der Waals surface area contributed by atoms with Gasteiger partial charge in [-0.15, -0.1) is 0 Å². The van der Waals surface area contributed by atoms with E-state index in [1.807, 2.05) is 0 Å². The molecule has 10 heteroatoms. The number of alkyl halides is 3. The Labute approximate surface area is 181 Å². The minimum absolute atomic E-state index is 0.000294. The zero-order valence-electron chi connectivity index (χ0n) is 17.6. The maximum Gasteiger partial charge on any atom is 0.422 e. The molecule has 1 saturated heterocycles. The van der Waals surface area contributed by atoms with Gasteiger partial charge in [-0.3, -0.25) is 4.79 Å². The lowest BCUT2D eigenvalue weighted by Crippen LogP contribution is -2.50. The Balaban J connectivity index is 1.72. The van der Waals surface area contributed by atoms with Crippen LogP contribution in [0, 0.1) is 6.92 Å². The van der Waals surface area contributed by atoms with Gasteiger partial charge in [-0.1, -0.05) is 25.3 Å². The smallest absolute Gasteiger partial charge is 0.422 e. The third-order valence-corrected chi connectivity index (χ3v) is 7.57. The highest BCUT2D eigenvalue weighted by Crippen LogP contribution is 2.30. The predicted octanol–water partition coefficient (Wildman–Crippen LogP) is 3.70. The van der Waals surface area contributed by atoms with E-state index in [1.165, 1.54) is 6.07 Å². The van der Waals surface area contributed by atoms with Crippen LogP contribution in [0.1, 0.15) is 44.1 Å². The molecule has 1 saturated carbocycles. The van der Waals surface area contributed by atoms with Crippen LogP contribution in [0.5, 0.6) is 5.75 Å². The molecule has 1 atom stereocenters. The van der Waals surface area contributed by atoms with Crippen molar-refractivity contribution in [1.29, 1.82) is 0 Å². The van der Waals surface area contributed by atoms with Crippen LogP contribution in [0.3, 0.4) is 0 Å². The van der Waals surface area contributed by atoms with Gasteiger partial charge in [-0.05, 0) is 43.9 Å². The van der Waals surface area contributed by atoms with Gasteiger partial charge in [0.25, 0.3) is 0 Å². The minimum Gasteiger partial charge on any atom is -0.482 e. The molecule has 1 unspecified atom stereocenters. The molecule has 6 nitrogen and oxygen atoms in total. The van der Waals surface area contributed by atoms with E-state index in [0.29, 0.717) is 12.1 Å². The van der Waals surface area contributed by atoms with E-state index in [9.17, 15) is 26.4 Å². The van der Waals surface area contributed by atoms with Crippen LogP contribution in [0.25, 0.3) is 0 Å². The number of hydrogen-bond acceptors (Lipinski definition) is 5. The lowest BCUT2D eigenvalue weighted by atomic mass is 9.93. The summed E-state index contributed by atoms with van der Waals surface area (Å²) < 4.78 is 66.7. The van der Waals surface area contributed by atoms with Crippen molar-refractivity contribution in [2.45, 2.75) is 63.7 Å². The van der Waals surface area contributed by atoms with Crippen molar-refractivity contribution < 1.29 is 31.1 Å². The second kappa shape index (κ2) is 9.67. The van der Waals surface area contributed by atoms with Gasteiger partial charge in [-0.25, -0.2) is 8.42 Å². The number of carbonyl (C=O) groups is 1. The van der Waals surface area contributed by atoms with Crippen LogP contribution < -0.4 is 10.1 Å². The predicted molar refractivity (Wildman–Crippen MR) is 112 cm³/mol. The molecule has 0 radical (unpaired) electrons. The highest BCUT2D eigenvalue weighted by molar-refractivity contribution is 7.91. The summed E-state index contributed by atoms with van der Waals surface area (Å²) in [5, 5.41) is 2.91. The van der Waals surface area contributed by atoms with E-state index < -0.39 is 22.6 Å². The summed E-state index contributed by atoms with van der Waals surface area (Å²) in [6, 6.07) is 4.44. The molecule has 2 fully saturated rings. The molecule has 1 aliphatic heterocycles. The van der Waals surface area contributed by atoms with E-state index in [-0.39, 0.29) is 41.8 Å². The Morgan fingerprint density at radius 2 is 1.87 bits per heavy atom. The van der Waals surface area contributed by atoms with Gasteiger partial charge in [0.2, 0.25) is 5.91 Å². The van der Waals surface area contributed by atoms with Gasteiger partial charge in [0.15, 0.2) is 16.4 Å². The molecule has 31 heavy (non-hydrogen) atoms. The second-order valence-electron chi connectivity index (χ2n) is 8.41. The lowest BCUT2D eigenvalue weighted by Gasteiger charge is -2.38. The number of sulfone groups is 1. The molecule has 1 aromatic rings. The molecule has 1 heterocycles. The summed E-state index contributed by atoms with van der Waals surface area (Å²) in [4.78, 5) is 14.9. The Bertz CT molecular complexity index is 883. The molecule has 174 valence electrons. The Kier molecular flexibility index (Phi) is 7.39. The van der Waals surface area contributed by atoms with Gasteiger partial charge in [-0.2, -0.15) is 13.2 Å². The van der Waals surface area contributed by atoms with E-state index in [1.54, 1.807) is 24.0 Å². The average Bonchev–Trinajstić information content (AvgIpc) is 3.05. The van der Waals surface area contributed by atoms with Crippen molar-refractivity contribution in [3.05, 3.63) is 23.8 Å². The fraction of sp³-hybridized carbons (Fsp3) is 0.667. The van der Waals surface area contributed by atoms with Crippen molar-refractivity contribution in [3.63, 3.8) is 0 Å². The van der Waals surface area contributed by atoms with Gasteiger partial charge in [0, 0.05) is 12.1 Å². The number of aryl methyl sites for hydroxylation is 1. The molecular formula is C21H29F3N2O4S. The number of halogens is 3. The summed E-state index contributed by atoms with van der Waals surface area (Å²) in [6.45, 7) is 0.173. The highest BCUT2D eigenvalue weighted by Gasteiger charge is 2.38. The zero-order valence-corrected chi connectivity index (χ0v) is 18.4. The quantitative estimate of drug-likeness (QED) is 0.669. The van der Waals surface area contributed by atoms with Crippen LogP contribution in [0.15, 0.2) is 18.2 Å². The maximum atomic E-state index is 13.2. The molecule has 0 spiro atoms. The van der Waals surface area contributed by atoms with Crippen LogP contribution in [0.4, 0.5) is 18.9 Å². The van der Waals surface area contributed by atoms with Crippen LogP contribution in [0.2, 0.25) is 0 Å². The lowest BCUT2D eigenvalue weighted by molar-refractivity contribution is -0.153. The number of hydrogen-bond donors (Lipinski definition) is 1. The molecular weight excluding hydrogens is 433 g/mol. The largest absolute Gasteiger partial charge is 0.482 e. The van der Waals surface area contributed by atoms with Crippen molar-refractivity contribution in [3.8, 4) is 5.75 Å². The molecule has 1 aromatic carbocycles. The van der Waals surface area contributed by atoms with E-state index in [4.69, 9.17) is 4.74 Å². The molecule has 2 aliphatic rings. The second-order valence-corrected chi connectivity index (χ2v) is 10.6. The first-order chi connectivity index (χ1) is 14.5. The Morgan fingerprint density at radius 1 is 1.16 bits per heavy atom. The van der Waals surface area contributed by atoms with E-state index in [0.717, 1.165) is 37.7 Å². The summed E-state index contributed by atoms with van der Waals surface area (Å²) in [7, 11) is -3.15. The molecule has 1 aliphatic carbocycles. The van der Waals surface area contributed by atoms with E-state index in [2.05, 4.69) is 5.32 Å². The first kappa shape index (κ1) is 23.7. The third-order valence-electron chi connectivity index (χ3n) is 5.82. The van der Waals surface area contributed by atoms with Crippen molar-refractivity contribution in [1.82, 2.24) is 4.90 Å². The average molecular weight is 463 g/mol. The summed E-state index contributed by atoms with van der Waals surface area (Å²) in [5.74, 6) is -0.163. The minimum atomic E-state index is -4.47. The van der Waals surface area contributed by atoms with Gasteiger partial charge in [0.1, 0.15) is 5.75 Å². The Morgan fingerprint density at radius 3 is 2.48 bits per heavy atom. The van der Waals surface area contributed by atoms with Crippen LogP contribution in [-0.4, -0.2) is 62.1 Å². The first-order valence-corrected chi connectivity index (χ1v) is 12.4. The van der Waals surface area contributed by atoms with Crippen molar-refractivity contribution in [2.75, 3.05) is 30.0 Å². The molecule has 1 amide bonds. The number of ether oxygens (including phenoxy) is 1. The molecule has 1 N–H and O–H groups in total. The van der Waals surface area contributed by atoms with Crippen molar-refractivity contribution in [2.24, 2.45) is 0 Å². The number of amides is 1. The SMILES string of the molecule is Cc1ccc(NCC(=O)N(C2CCCCC2)C2CCS(=O)(=O)C2)c(OCC(F)(F)F)c1. The molecule has 0 bridgehead atoms. The summed E-state index contributed by atoms with van der Waals surface area (Å²) in [5.41, 5.74) is 1.03. The normalized spacial score (nSPS) is 21.6. The number of benzene rings is 1. The van der Waals surface area contributed by atoms with Gasteiger partial charge < -0.3 is 15.0 Å². The van der Waals surface area contributed by atoms with Gasteiger partial charge >= 0.3 is 6.18 Å². The monoisotopic (exact) mass is 462 g/mol. The van der Waals surface area contributed by atoms with Crippen LogP contribution >= 0.6 is 0 Å². The third kappa shape index (κ3) is 6.75. The first-order valence-electron chi connectivity index (χ1n) is 10.6. The summed E-state index contributed by atoms with van der Waals surface area (Å²) >= 11 is 0. The number of anilines is 1.